The van der Waals surface area contributed by atoms with Crippen LogP contribution in [-0.4, -0.2) is 28.9 Å². The lowest BCUT2D eigenvalue weighted by molar-refractivity contribution is -0.121. The third-order valence-corrected chi connectivity index (χ3v) is 3.62. The van der Waals surface area contributed by atoms with E-state index in [0.717, 1.165) is 0 Å². The van der Waals surface area contributed by atoms with Crippen LogP contribution in [-0.2, 0) is 9.53 Å². The molecule has 1 atom stereocenters. The predicted octanol–water partition coefficient (Wildman–Crippen LogP) is 5.76. The molecular weight excluding hydrogens is 357 g/mol. The van der Waals surface area contributed by atoms with E-state index >= 15 is 0 Å². The number of nitrogens with zero attached hydrogens (tertiary/aromatic N) is 1. The molecular formula is C23H30FNO3. The van der Waals surface area contributed by atoms with Crippen LogP contribution < -0.4 is 0 Å². The van der Waals surface area contributed by atoms with Crippen molar-refractivity contribution in [1.29, 1.82) is 0 Å². The highest BCUT2D eigenvalue weighted by molar-refractivity contribution is 6.04. The first-order chi connectivity index (χ1) is 12.9. The third-order valence-electron chi connectivity index (χ3n) is 3.62. The van der Waals surface area contributed by atoms with Gasteiger partial charge in [0.15, 0.2) is 5.78 Å². The summed E-state index contributed by atoms with van der Waals surface area (Å²) in [5.74, 6) is -0.887. The third kappa shape index (κ3) is 7.51. The molecule has 1 aromatic carbocycles. The summed E-state index contributed by atoms with van der Waals surface area (Å²) >= 11 is 0. The standard InChI is InChI=1S/C19H22FNO3.C4H8/c1-5-14-10-11-21(18(23)24-19(2,3)4)16(17(14)22)12-13-6-8-15(20)9-7-13;1-4(2)3/h5-9,12,14H,1,10-11H2,2-4H3;1H2,2-3H3/b16-12-;. The number of benzene rings is 1. The smallest absolute Gasteiger partial charge is 0.414 e. The Morgan fingerprint density at radius 3 is 2.25 bits per heavy atom. The second kappa shape index (κ2) is 10.0. The van der Waals surface area contributed by atoms with E-state index in [1.54, 1.807) is 45.1 Å². The second-order valence-corrected chi connectivity index (χ2v) is 7.92. The molecule has 0 aliphatic carbocycles. The van der Waals surface area contributed by atoms with Crippen LogP contribution in [0.4, 0.5) is 9.18 Å². The van der Waals surface area contributed by atoms with Gasteiger partial charge in [0, 0.05) is 12.5 Å². The van der Waals surface area contributed by atoms with Crippen molar-refractivity contribution in [3.8, 4) is 0 Å². The molecule has 1 heterocycles. The Bertz CT molecular complexity index is 753. The minimum Gasteiger partial charge on any atom is -0.443 e. The van der Waals surface area contributed by atoms with E-state index in [4.69, 9.17) is 4.74 Å². The number of carbonyl (C=O) groups is 2. The summed E-state index contributed by atoms with van der Waals surface area (Å²) in [6.07, 6.45) is 3.11. The van der Waals surface area contributed by atoms with Crippen LogP contribution in [0.15, 0.2) is 54.8 Å². The normalized spacial score (nSPS) is 18.2. The predicted molar refractivity (Wildman–Crippen MR) is 111 cm³/mol. The number of likely N-dealkylation sites (tertiary alicyclic amines) is 1. The fraction of sp³-hybridized carbons (Fsp3) is 0.391. The first-order valence-electron chi connectivity index (χ1n) is 9.21. The summed E-state index contributed by atoms with van der Waals surface area (Å²) in [6, 6.07) is 5.73. The molecule has 1 amide bonds. The molecule has 1 aromatic rings. The van der Waals surface area contributed by atoms with Gasteiger partial charge >= 0.3 is 6.09 Å². The van der Waals surface area contributed by atoms with E-state index in [-0.39, 0.29) is 23.2 Å². The van der Waals surface area contributed by atoms with Gasteiger partial charge in [0.25, 0.3) is 0 Å². The number of hydrogen-bond donors (Lipinski definition) is 0. The number of hydrogen-bond acceptors (Lipinski definition) is 3. The Morgan fingerprint density at radius 2 is 1.79 bits per heavy atom. The number of piperidine rings is 1. The second-order valence-electron chi connectivity index (χ2n) is 7.92. The summed E-state index contributed by atoms with van der Waals surface area (Å²) in [5, 5.41) is 0. The molecule has 152 valence electrons. The molecule has 1 unspecified atom stereocenters. The van der Waals surface area contributed by atoms with Gasteiger partial charge in [-0.2, -0.15) is 0 Å². The molecule has 1 saturated heterocycles. The molecule has 28 heavy (non-hydrogen) atoms. The topological polar surface area (TPSA) is 46.6 Å². The Morgan fingerprint density at radius 1 is 1.25 bits per heavy atom. The van der Waals surface area contributed by atoms with Crippen LogP contribution in [0.3, 0.4) is 0 Å². The summed E-state index contributed by atoms with van der Waals surface area (Å²) in [7, 11) is 0. The van der Waals surface area contributed by atoms with Gasteiger partial charge in [0.1, 0.15) is 11.4 Å². The van der Waals surface area contributed by atoms with Crippen LogP contribution in [0.1, 0.15) is 46.6 Å². The van der Waals surface area contributed by atoms with Crippen molar-refractivity contribution >= 4 is 18.0 Å². The van der Waals surface area contributed by atoms with Crippen LogP contribution in [0, 0.1) is 11.7 Å². The van der Waals surface area contributed by atoms with Crippen molar-refractivity contribution in [3.05, 3.63) is 66.2 Å². The number of halogens is 1. The minimum absolute atomic E-state index is 0.188. The highest BCUT2D eigenvalue weighted by Crippen LogP contribution is 2.27. The number of amides is 1. The molecule has 0 aromatic heterocycles. The van der Waals surface area contributed by atoms with Crippen molar-refractivity contribution in [2.24, 2.45) is 5.92 Å². The summed E-state index contributed by atoms with van der Waals surface area (Å²) < 4.78 is 18.5. The fourth-order valence-electron chi connectivity index (χ4n) is 2.44. The maximum atomic E-state index is 13.1. The molecule has 5 heteroatoms. The lowest BCUT2D eigenvalue weighted by Gasteiger charge is -2.33. The molecule has 0 N–H and O–H groups in total. The largest absolute Gasteiger partial charge is 0.443 e. The monoisotopic (exact) mass is 387 g/mol. The maximum Gasteiger partial charge on any atom is 0.414 e. The zero-order valence-corrected chi connectivity index (χ0v) is 17.4. The van der Waals surface area contributed by atoms with Gasteiger partial charge in [0.05, 0.1) is 5.70 Å². The lowest BCUT2D eigenvalue weighted by Crippen LogP contribution is -2.44. The first-order valence-corrected chi connectivity index (χ1v) is 9.21. The maximum absolute atomic E-state index is 13.1. The van der Waals surface area contributed by atoms with Gasteiger partial charge < -0.3 is 4.74 Å². The van der Waals surface area contributed by atoms with E-state index in [1.165, 1.54) is 22.6 Å². The molecule has 2 rings (SSSR count). The van der Waals surface area contributed by atoms with Crippen LogP contribution in [0.2, 0.25) is 0 Å². The van der Waals surface area contributed by atoms with Crippen molar-refractivity contribution in [3.63, 3.8) is 0 Å². The highest BCUT2D eigenvalue weighted by atomic mass is 19.1. The molecule has 0 spiro atoms. The van der Waals surface area contributed by atoms with E-state index in [2.05, 4.69) is 13.2 Å². The fourth-order valence-corrected chi connectivity index (χ4v) is 2.44. The Balaban J connectivity index is 0.000000892. The van der Waals surface area contributed by atoms with Crippen LogP contribution >= 0.6 is 0 Å². The number of ether oxygens (including phenoxy) is 1. The van der Waals surface area contributed by atoms with E-state index in [0.29, 0.717) is 18.5 Å². The van der Waals surface area contributed by atoms with Crippen LogP contribution in [0.5, 0.6) is 0 Å². The number of rotatable bonds is 2. The van der Waals surface area contributed by atoms with Gasteiger partial charge in [-0.1, -0.05) is 23.8 Å². The van der Waals surface area contributed by atoms with E-state index in [9.17, 15) is 14.0 Å². The SMILES string of the molecule is C=C(C)C.C=CC1CCN(C(=O)OC(C)(C)C)/C(=C\c2ccc(F)cc2)C1=O. The molecule has 1 aliphatic heterocycles. The molecule has 0 bridgehead atoms. The summed E-state index contributed by atoms with van der Waals surface area (Å²) in [4.78, 5) is 26.4. The van der Waals surface area contributed by atoms with Gasteiger partial charge in [-0.3, -0.25) is 9.69 Å². The van der Waals surface area contributed by atoms with E-state index in [1.807, 2.05) is 13.8 Å². The van der Waals surface area contributed by atoms with Gasteiger partial charge in [-0.05, 0) is 64.8 Å². The van der Waals surface area contributed by atoms with Gasteiger partial charge in [-0.25, -0.2) is 9.18 Å². The highest BCUT2D eigenvalue weighted by Gasteiger charge is 2.35. The van der Waals surface area contributed by atoms with Gasteiger partial charge in [-0.15, -0.1) is 13.2 Å². The number of Topliss-reactive ketones (excluding diaryl/α,β-unsaturated/α-hetero) is 1. The van der Waals surface area contributed by atoms with Crippen molar-refractivity contribution in [2.45, 2.75) is 46.6 Å². The zero-order valence-electron chi connectivity index (χ0n) is 17.4. The number of ketones is 1. The number of allylic oxidation sites excluding steroid dienone is 3. The first kappa shape index (κ1) is 23.3. The van der Waals surface area contributed by atoms with Crippen LogP contribution in [0.25, 0.3) is 6.08 Å². The van der Waals surface area contributed by atoms with Crippen molar-refractivity contribution < 1.29 is 18.7 Å². The van der Waals surface area contributed by atoms with Gasteiger partial charge in [0.2, 0.25) is 0 Å². The summed E-state index contributed by atoms with van der Waals surface area (Å²) in [6.45, 7) is 16.9. The quantitative estimate of drug-likeness (QED) is 0.479. The molecule has 0 radical (unpaired) electrons. The Labute approximate surface area is 167 Å². The Hall–Kier alpha value is -2.69. The molecule has 0 saturated carbocycles. The van der Waals surface area contributed by atoms with Crippen molar-refractivity contribution in [2.75, 3.05) is 6.54 Å². The lowest BCUT2D eigenvalue weighted by atomic mass is 9.92. The zero-order chi connectivity index (χ0) is 21.5. The molecule has 1 aliphatic rings. The Kier molecular flexibility index (Phi) is 8.35. The van der Waals surface area contributed by atoms with E-state index < -0.39 is 11.7 Å². The van der Waals surface area contributed by atoms with Crippen molar-refractivity contribution in [1.82, 2.24) is 4.90 Å². The number of carbonyl (C=O) groups excluding carboxylic acids is 2. The summed E-state index contributed by atoms with van der Waals surface area (Å²) in [5.41, 5.74) is 1.39. The molecule has 1 fully saturated rings. The average molecular weight is 387 g/mol. The molecule has 4 nitrogen and oxygen atoms in total. The minimum atomic E-state index is -0.656. The average Bonchev–Trinajstić information content (AvgIpc) is 2.56.